The van der Waals surface area contributed by atoms with Gasteiger partial charge < -0.3 is 9.84 Å². The lowest BCUT2D eigenvalue weighted by molar-refractivity contribution is 0.278. The van der Waals surface area contributed by atoms with Crippen molar-refractivity contribution < 1.29 is 9.84 Å². The van der Waals surface area contributed by atoms with Crippen LogP contribution in [0.25, 0.3) is 11.3 Å². The highest BCUT2D eigenvalue weighted by atomic mass is 16.5. The maximum absolute atomic E-state index is 12.0. The first kappa shape index (κ1) is 15.3. The summed E-state index contributed by atoms with van der Waals surface area (Å²) in [6, 6.07) is 9.18. The van der Waals surface area contributed by atoms with Gasteiger partial charge in [-0.15, -0.1) is 0 Å². The fraction of sp³-hybridized carbons (Fsp3) is 0.375. The molecule has 0 saturated heterocycles. The van der Waals surface area contributed by atoms with Crippen LogP contribution >= 0.6 is 0 Å². The Hall–Kier alpha value is -2.14. The zero-order chi connectivity index (χ0) is 15.2. The summed E-state index contributed by atoms with van der Waals surface area (Å²) in [5.41, 5.74) is 1.70. The number of aliphatic hydroxyl groups is 1. The van der Waals surface area contributed by atoms with Crippen LogP contribution < -0.4 is 10.3 Å². The smallest absolute Gasteiger partial charge is 0.272 e. The molecular formula is C16H20N2O3. The Labute approximate surface area is 123 Å². The van der Waals surface area contributed by atoms with Crippen molar-refractivity contribution in [1.82, 2.24) is 9.78 Å². The summed E-state index contributed by atoms with van der Waals surface area (Å²) in [7, 11) is 0. The van der Waals surface area contributed by atoms with Gasteiger partial charge in [0.2, 0.25) is 0 Å². The summed E-state index contributed by atoms with van der Waals surface area (Å²) in [4.78, 5) is 12.0. The number of nitrogens with zero attached hydrogens (tertiary/aromatic N) is 2. The van der Waals surface area contributed by atoms with Crippen LogP contribution in [0.5, 0.6) is 5.75 Å². The first-order valence-corrected chi connectivity index (χ1v) is 7.14. The molecule has 21 heavy (non-hydrogen) atoms. The monoisotopic (exact) mass is 288 g/mol. The van der Waals surface area contributed by atoms with Crippen molar-refractivity contribution in [2.45, 2.75) is 33.4 Å². The molecule has 0 aliphatic heterocycles. The van der Waals surface area contributed by atoms with Crippen LogP contribution in [0.3, 0.4) is 0 Å². The van der Waals surface area contributed by atoms with Crippen LogP contribution in [0.4, 0.5) is 0 Å². The minimum atomic E-state index is -0.283. The van der Waals surface area contributed by atoms with Gasteiger partial charge in [-0.05, 0) is 43.7 Å². The maximum atomic E-state index is 12.0. The molecule has 1 N–H and O–H groups in total. The molecule has 5 heteroatoms. The zero-order valence-corrected chi connectivity index (χ0v) is 12.4. The van der Waals surface area contributed by atoms with Gasteiger partial charge in [0.1, 0.15) is 5.75 Å². The average molecular weight is 288 g/mol. The second kappa shape index (κ2) is 7.04. The van der Waals surface area contributed by atoms with E-state index in [1.807, 2.05) is 38.1 Å². The fourth-order valence-electron chi connectivity index (χ4n) is 2.10. The molecule has 1 aromatic heterocycles. The van der Waals surface area contributed by atoms with E-state index in [1.54, 1.807) is 6.07 Å². The summed E-state index contributed by atoms with van der Waals surface area (Å²) in [5, 5.41) is 13.7. The highest BCUT2D eigenvalue weighted by Gasteiger charge is 2.09. The van der Waals surface area contributed by atoms with Crippen LogP contribution in [-0.2, 0) is 13.2 Å². The Bertz CT molecular complexity index is 648. The van der Waals surface area contributed by atoms with E-state index < -0.39 is 0 Å². The van der Waals surface area contributed by atoms with E-state index in [0.717, 1.165) is 17.7 Å². The predicted molar refractivity (Wildman–Crippen MR) is 81.3 cm³/mol. The van der Waals surface area contributed by atoms with Crippen molar-refractivity contribution in [1.29, 1.82) is 0 Å². The van der Waals surface area contributed by atoms with Crippen LogP contribution in [0.2, 0.25) is 0 Å². The molecular weight excluding hydrogens is 268 g/mol. The van der Waals surface area contributed by atoms with Crippen LogP contribution in [0.1, 0.15) is 25.8 Å². The number of hydrogen-bond acceptors (Lipinski definition) is 4. The predicted octanol–water partition coefficient (Wildman–Crippen LogP) is 2.21. The van der Waals surface area contributed by atoms with Crippen molar-refractivity contribution in [3.8, 4) is 17.0 Å². The van der Waals surface area contributed by atoms with E-state index in [4.69, 9.17) is 4.74 Å². The topological polar surface area (TPSA) is 64.3 Å². The van der Waals surface area contributed by atoms with Crippen molar-refractivity contribution in [3.63, 3.8) is 0 Å². The van der Waals surface area contributed by atoms with Crippen LogP contribution in [0, 0.1) is 0 Å². The summed E-state index contributed by atoms with van der Waals surface area (Å²) in [6.07, 6.45) is 0.810. The van der Waals surface area contributed by atoms with Gasteiger partial charge in [0.25, 0.3) is 5.56 Å². The molecule has 2 aromatic rings. The summed E-state index contributed by atoms with van der Waals surface area (Å²) in [6.45, 7) is 4.79. The normalized spacial score (nSPS) is 10.6. The highest BCUT2D eigenvalue weighted by molar-refractivity contribution is 5.60. The minimum absolute atomic E-state index is 0.228. The Kier molecular flexibility index (Phi) is 5.11. The molecule has 0 aliphatic carbocycles. The van der Waals surface area contributed by atoms with Gasteiger partial charge in [-0.1, -0.05) is 6.92 Å². The second-order valence-electron chi connectivity index (χ2n) is 4.70. The Balaban J connectivity index is 2.42. The Morgan fingerprint density at radius 3 is 2.52 bits per heavy atom. The molecule has 0 unspecified atom stereocenters. The third kappa shape index (κ3) is 3.49. The average Bonchev–Trinajstić information content (AvgIpc) is 2.51. The molecule has 112 valence electrons. The number of aryl methyl sites for hydroxylation is 1. The number of benzene rings is 1. The number of aromatic nitrogens is 2. The number of ether oxygens (including phenoxy) is 1. The molecule has 0 fully saturated rings. The molecule has 1 heterocycles. The van der Waals surface area contributed by atoms with E-state index in [1.165, 1.54) is 4.68 Å². The number of aliphatic hydroxyl groups excluding tert-OH is 1. The van der Waals surface area contributed by atoms with Gasteiger partial charge in [-0.2, -0.15) is 5.10 Å². The molecule has 0 radical (unpaired) electrons. The zero-order valence-electron chi connectivity index (χ0n) is 12.4. The second-order valence-corrected chi connectivity index (χ2v) is 4.70. The SMILES string of the molecule is CCCn1nc(-c2ccc(OCC)cc2)cc(CO)c1=O. The first-order valence-electron chi connectivity index (χ1n) is 7.14. The quantitative estimate of drug-likeness (QED) is 0.885. The molecule has 0 saturated carbocycles. The number of rotatable bonds is 6. The molecule has 0 atom stereocenters. The largest absolute Gasteiger partial charge is 0.494 e. The molecule has 0 bridgehead atoms. The minimum Gasteiger partial charge on any atom is -0.494 e. The van der Waals surface area contributed by atoms with Gasteiger partial charge in [0, 0.05) is 17.7 Å². The third-order valence-corrected chi connectivity index (χ3v) is 3.12. The fourth-order valence-corrected chi connectivity index (χ4v) is 2.10. The van der Waals surface area contributed by atoms with E-state index in [-0.39, 0.29) is 12.2 Å². The molecule has 5 nitrogen and oxygen atoms in total. The van der Waals surface area contributed by atoms with Crippen molar-refractivity contribution in [2.24, 2.45) is 0 Å². The van der Waals surface area contributed by atoms with Gasteiger partial charge in [-0.25, -0.2) is 4.68 Å². The van der Waals surface area contributed by atoms with Crippen LogP contribution in [0.15, 0.2) is 35.1 Å². The molecule has 2 rings (SSSR count). The third-order valence-electron chi connectivity index (χ3n) is 3.12. The van der Waals surface area contributed by atoms with E-state index in [2.05, 4.69) is 5.10 Å². The summed E-state index contributed by atoms with van der Waals surface area (Å²) >= 11 is 0. The van der Waals surface area contributed by atoms with E-state index in [0.29, 0.717) is 24.4 Å². The van der Waals surface area contributed by atoms with E-state index in [9.17, 15) is 9.90 Å². The van der Waals surface area contributed by atoms with Gasteiger partial charge in [-0.3, -0.25) is 4.79 Å². The highest BCUT2D eigenvalue weighted by Crippen LogP contribution is 2.20. The summed E-state index contributed by atoms with van der Waals surface area (Å²) in [5.74, 6) is 0.797. The molecule has 1 aromatic carbocycles. The molecule has 0 aliphatic rings. The molecule has 0 amide bonds. The Morgan fingerprint density at radius 1 is 1.24 bits per heavy atom. The maximum Gasteiger partial charge on any atom is 0.272 e. The van der Waals surface area contributed by atoms with Gasteiger partial charge in [0.05, 0.1) is 18.9 Å². The van der Waals surface area contributed by atoms with Crippen molar-refractivity contribution >= 4 is 0 Å². The van der Waals surface area contributed by atoms with Gasteiger partial charge >= 0.3 is 0 Å². The standard InChI is InChI=1S/C16H20N2O3/c1-3-9-18-16(20)13(11-19)10-15(17-18)12-5-7-14(8-6-12)21-4-2/h5-8,10,19H,3-4,9,11H2,1-2H3. The first-order chi connectivity index (χ1) is 10.2. The lowest BCUT2D eigenvalue weighted by Crippen LogP contribution is -2.26. The van der Waals surface area contributed by atoms with Crippen molar-refractivity contribution in [3.05, 3.63) is 46.2 Å². The van der Waals surface area contributed by atoms with E-state index >= 15 is 0 Å². The number of hydrogen-bond donors (Lipinski definition) is 1. The Morgan fingerprint density at radius 2 is 1.95 bits per heavy atom. The van der Waals surface area contributed by atoms with Crippen LogP contribution in [-0.4, -0.2) is 21.5 Å². The van der Waals surface area contributed by atoms with Gasteiger partial charge in [0.15, 0.2) is 0 Å². The summed E-state index contributed by atoms with van der Waals surface area (Å²) < 4.78 is 6.82. The lowest BCUT2D eigenvalue weighted by atomic mass is 10.1. The lowest BCUT2D eigenvalue weighted by Gasteiger charge is -2.09. The van der Waals surface area contributed by atoms with Crippen molar-refractivity contribution in [2.75, 3.05) is 6.61 Å². The molecule has 0 spiro atoms.